The standard InChI is InChI=1S/C18H13N3O2/c1-20-17(22)15-13-10-6-3-7-11-14(13)21(16(15)19-18(20)23)12-8-4-2-5-9-12/h2-11H,1H3. The van der Waals surface area contributed by atoms with E-state index in [4.69, 9.17) is 0 Å². The van der Waals surface area contributed by atoms with Crippen LogP contribution in [0.25, 0.3) is 27.6 Å². The zero-order valence-corrected chi connectivity index (χ0v) is 12.4. The van der Waals surface area contributed by atoms with Crippen LogP contribution in [0.15, 0.2) is 70.3 Å². The molecule has 0 aliphatic heterocycles. The zero-order valence-electron chi connectivity index (χ0n) is 12.4. The molecule has 0 saturated heterocycles. The molecule has 0 radical (unpaired) electrons. The van der Waals surface area contributed by atoms with Gasteiger partial charge in [-0.1, -0.05) is 42.5 Å². The van der Waals surface area contributed by atoms with Gasteiger partial charge in [0.1, 0.15) is 0 Å². The molecule has 112 valence electrons. The summed E-state index contributed by atoms with van der Waals surface area (Å²) in [5, 5.41) is 1.24. The van der Waals surface area contributed by atoms with Gasteiger partial charge < -0.3 is 0 Å². The quantitative estimate of drug-likeness (QED) is 0.542. The minimum absolute atomic E-state index is 0.328. The lowest BCUT2D eigenvalue weighted by molar-refractivity contribution is 0.790. The molecular formula is C18H13N3O2. The number of hydrogen-bond donors (Lipinski definition) is 0. The number of fused-ring (bicyclic) bond motifs is 3. The van der Waals surface area contributed by atoms with Gasteiger partial charge in [-0.25, -0.2) is 4.79 Å². The predicted molar refractivity (Wildman–Crippen MR) is 90.1 cm³/mol. The van der Waals surface area contributed by atoms with Gasteiger partial charge in [0.05, 0.1) is 10.9 Å². The summed E-state index contributed by atoms with van der Waals surface area (Å²) >= 11 is 0. The predicted octanol–water partition coefficient (Wildman–Crippen LogP) is 2.24. The van der Waals surface area contributed by atoms with Crippen LogP contribution < -0.4 is 11.2 Å². The highest BCUT2D eigenvalue weighted by molar-refractivity contribution is 6.07. The van der Waals surface area contributed by atoms with Crippen molar-refractivity contribution in [3.63, 3.8) is 0 Å². The van der Waals surface area contributed by atoms with Crippen molar-refractivity contribution in [2.75, 3.05) is 0 Å². The molecule has 23 heavy (non-hydrogen) atoms. The van der Waals surface area contributed by atoms with Crippen molar-refractivity contribution in [3.05, 3.63) is 81.5 Å². The average Bonchev–Trinajstić information content (AvgIpc) is 2.71. The summed E-state index contributed by atoms with van der Waals surface area (Å²) in [6.45, 7) is 0. The first-order valence-electron chi connectivity index (χ1n) is 7.24. The third kappa shape index (κ3) is 1.90. The Labute approximate surface area is 131 Å². The Kier molecular flexibility index (Phi) is 2.87. The molecule has 5 nitrogen and oxygen atoms in total. The third-order valence-electron chi connectivity index (χ3n) is 3.98. The van der Waals surface area contributed by atoms with Gasteiger partial charge in [0.2, 0.25) is 0 Å². The second-order valence-corrected chi connectivity index (χ2v) is 5.34. The lowest BCUT2D eigenvalue weighted by Gasteiger charge is -2.05. The van der Waals surface area contributed by atoms with Gasteiger partial charge in [0.25, 0.3) is 5.56 Å². The van der Waals surface area contributed by atoms with Gasteiger partial charge in [0, 0.05) is 18.1 Å². The normalized spacial score (nSPS) is 11.2. The Balaban J connectivity index is 2.36. The second-order valence-electron chi connectivity index (χ2n) is 5.34. The molecule has 0 saturated carbocycles. The molecule has 5 heteroatoms. The number of rotatable bonds is 1. The highest BCUT2D eigenvalue weighted by atomic mass is 16.2. The van der Waals surface area contributed by atoms with E-state index in [0.717, 1.165) is 21.2 Å². The first-order chi connectivity index (χ1) is 11.2. The molecule has 4 rings (SSSR count). The maximum absolute atomic E-state index is 12.6. The van der Waals surface area contributed by atoms with Crippen LogP contribution in [0, 0.1) is 0 Å². The van der Waals surface area contributed by atoms with E-state index in [1.54, 1.807) is 0 Å². The summed E-state index contributed by atoms with van der Waals surface area (Å²) in [4.78, 5) is 28.8. The van der Waals surface area contributed by atoms with Gasteiger partial charge in [-0.05, 0) is 18.2 Å². The molecule has 0 bridgehead atoms. The SMILES string of the molecule is Cn1c(=O)nc2c(c1=O)c1cccccc1n2-c1ccccc1. The summed E-state index contributed by atoms with van der Waals surface area (Å²) in [6.07, 6.45) is 0. The number of para-hydroxylation sites is 1. The number of hydrogen-bond acceptors (Lipinski definition) is 3. The van der Waals surface area contributed by atoms with Gasteiger partial charge in [-0.2, -0.15) is 4.98 Å². The monoisotopic (exact) mass is 303 g/mol. The van der Waals surface area contributed by atoms with E-state index in [0.29, 0.717) is 11.0 Å². The van der Waals surface area contributed by atoms with Crippen molar-refractivity contribution >= 4 is 21.9 Å². The molecule has 0 fully saturated rings. The van der Waals surface area contributed by atoms with E-state index < -0.39 is 5.69 Å². The van der Waals surface area contributed by atoms with Gasteiger partial charge in [-0.3, -0.25) is 13.9 Å². The molecular weight excluding hydrogens is 290 g/mol. The number of benzene rings is 1. The molecule has 0 N–H and O–H groups in total. The summed E-state index contributed by atoms with van der Waals surface area (Å²) in [7, 11) is 1.45. The molecule has 0 spiro atoms. The number of aromatic nitrogens is 3. The molecule has 0 aliphatic carbocycles. The first-order valence-corrected chi connectivity index (χ1v) is 7.24. The summed E-state index contributed by atoms with van der Waals surface area (Å²) < 4.78 is 2.90. The zero-order chi connectivity index (χ0) is 16.0. The maximum atomic E-state index is 12.6. The second kappa shape index (κ2) is 4.91. The lowest BCUT2D eigenvalue weighted by atomic mass is 10.2. The summed E-state index contributed by atoms with van der Waals surface area (Å²) in [5.74, 6) is 0. The Hall–Kier alpha value is -3.21. The summed E-state index contributed by atoms with van der Waals surface area (Å²) in [5.41, 5.74) is 1.22. The smallest absolute Gasteiger partial charge is 0.294 e. The van der Waals surface area contributed by atoms with E-state index >= 15 is 0 Å². The molecule has 0 amide bonds. The van der Waals surface area contributed by atoms with Crippen LogP contribution >= 0.6 is 0 Å². The first kappa shape index (κ1) is 13.5. The maximum Gasteiger partial charge on any atom is 0.352 e. The van der Waals surface area contributed by atoms with Crippen molar-refractivity contribution in [1.82, 2.24) is 14.1 Å². The van der Waals surface area contributed by atoms with Crippen LogP contribution in [0.1, 0.15) is 0 Å². The number of nitrogens with zero attached hydrogens (tertiary/aromatic N) is 3. The molecule has 0 atom stereocenters. The highest BCUT2D eigenvalue weighted by Gasteiger charge is 2.17. The van der Waals surface area contributed by atoms with Crippen LogP contribution in [-0.2, 0) is 7.05 Å². The fraction of sp³-hybridized carbons (Fsp3) is 0.0556. The van der Waals surface area contributed by atoms with Crippen molar-refractivity contribution in [2.45, 2.75) is 0 Å². The van der Waals surface area contributed by atoms with Crippen LogP contribution in [0.4, 0.5) is 0 Å². The Morgan fingerprint density at radius 2 is 1.52 bits per heavy atom. The van der Waals surface area contributed by atoms with Gasteiger partial charge in [-0.15, -0.1) is 0 Å². The van der Waals surface area contributed by atoms with Gasteiger partial charge in [0.15, 0.2) is 5.65 Å². The van der Waals surface area contributed by atoms with Crippen LogP contribution in [0.3, 0.4) is 0 Å². The van der Waals surface area contributed by atoms with E-state index in [2.05, 4.69) is 4.98 Å². The third-order valence-corrected chi connectivity index (χ3v) is 3.98. The molecule has 0 aliphatic rings. The fourth-order valence-corrected chi connectivity index (χ4v) is 2.87. The fourth-order valence-electron chi connectivity index (χ4n) is 2.87. The van der Waals surface area contributed by atoms with E-state index in [1.165, 1.54) is 7.05 Å². The topological polar surface area (TPSA) is 56.9 Å². The molecule has 4 aromatic rings. The molecule has 2 aromatic heterocycles. The van der Waals surface area contributed by atoms with E-state index in [-0.39, 0.29) is 5.56 Å². The van der Waals surface area contributed by atoms with Crippen molar-refractivity contribution < 1.29 is 0 Å². The largest absolute Gasteiger partial charge is 0.352 e. The van der Waals surface area contributed by atoms with Crippen molar-refractivity contribution in [1.29, 1.82) is 0 Å². The Morgan fingerprint density at radius 1 is 0.870 bits per heavy atom. The Morgan fingerprint density at radius 3 is 2.26 bits per heavy atom. The van der Waals surface area contributed by atoms with E-state index in [9.17, 15) is 9.59 Å². The minimum Gasteiger partial charge on any atom is -0.294 e. The molecule has 2 heterocycles. The van der Waals surface area contributed by atoms with Crippen molar-refractivity contribution in [2.24, 2.45) is 7.05 Å². The highest BCUT2D eigenvalue weighted by Crippen LogP contribution is 2.27. The van der Waals surface area contributed by atoms with Crippen LogP contribution in [0.5, 0.6) is 0 Å². The van der Waals surface area contributed by atoms with Crippen molar-refractivity contribution in [3.8, 4) is 5.69 Å². The molecule has 0 unspecified atom stereocenters. The Bertz CT molecular complexity index is 1160. The van der Waals surface area contributed by atoms with E-state index in [1.807, 2.05) is 65.2 Å². The van der Waals surface area contributed by atoms with Crippen LogP contribution in [-0.4, -0.2) is 14.1 Å². The summed E-state index contributed by atoms with van der Waals surface area (Å²) in [6, 6.07) is 19.1. The van der Waals surface area contributed by atoms with Gasteiger partial charge >= 0.3 is 5.69 Å². The minimum atomic E-state index is -0.549. The molecule has 2 aromatic carbocycles. The lowest BCUT2D eigenvalue weighted by Crippen LogP contribution is -2.32. The van der Waals surface area contributed by atoms with Crippen LogP contribution in [0.2, 0.25) is 0 Å². The average molecular weight is 303 g/mol.